The maximum absolute atomic E-state index is 13.1. The van der Waals surface area contributed by atoms with Gasteiger partial charge in [-0.25, -0.2) is 4.39 Å². The predicted molar refractivity (Wildman–Crippen MR) is 99.5 cm³/mol. The van der Waals surface area contributed by atoms with Crippen LogP contribution in [0.3, 0.4) is 0 Å². The lowest BCUT2D eigenvalue weighted by atomic mass is 10.2. The molecule has 1 N–H and O–H groups in total. The minimum Gasteiger partial charge on any atom is -0.459 e. The van der Waals surface area contributed by atoms with E-state index >= 15 is 0 Å². The van der Waals surface area contributed by atoms with E-state index in [1.165, 1.54) is 18.4 Å². The molecule has 1 aromatic carbocycles. The van der Waals surface area contributed by atoms with Gasteiger partial charge in [0.05, 0.1) is 6.26 Å². The van der Waals surface area contributed by atoms with Gasteiger partial charge in [0.25, 0.3) is 5.91 Å². The topological polar surface area (TPSA) is 74.5 Å². The van der Waals surface area contributed by atoms with Crippen LogP contribution in [0.1, 0.15) is 10.6 Å². The molecule has 1 aliphatic rings. The molecule has 3 aromatic rings. The van der Waals surface area contributed by atoms with Gasteiger partial charge in [-0.1, -0.05) is 0 Å². The van der Waals surface area contributed by atoms with E-state index in [-0.39, 0.29) is 17.5 Å². The summed E-state index contributed by atoms with van der Waals surface area (Å²) in [6, 6.07) is 13.3. The SMILES string of the molecule is O=C(Nc1ccc(N2CCN(c3ccc(F)cc3)CC2)nn1)c1ccco1. The number of furan rings is 1. The average Bonchev–Trinajstić information content (AvgIpc) is 3.24. The highest BCUT2D eigenvalue weighted by atomic mass is 19.1. The van der Waals surface area contributed by atoms with Gasteiger partial charge in [0.15, 0.2) is 17.4 Å². The zero-order chi connectivity index (χ0) is 18.6. The molecule has 0 bridgehead atoms. The molecule has 1 fully saturated rings. The number of benzene rings is 1. The van der Waals surface area contributed by atoms with Crippen molar-refractivity contribution < 1.29 is 13.6 Å². The van der Waals surface area contributed by atoms with E-state index in [4.69, 9.17) is 4.42 Å². The van der Waals surface area contributed by atoms with Gasteiger partial charge < -0.3 is 19.5 Å². The van der Waals surface area contributed by atoms with Crippen LogP contribution in [0.4, 0.5) is 21.7 Å². The molecule has 0 spiro atoms. The quantitative estimate of drug-likeness (QED) is 0.764. The Kier molecular flexibility index (Phi) is 4.69. The van der Waals surface area contributed by atoms with Crippen molar-refractivity contribution in [3.05, 3.63) is 66.4 Å². The molecular formula is C19H18FN5O2. The minimum absolute atomic E-state index is 0.220. The number of nitrogens with zero attached hydrogens (tertiary/aromatic N) is 4. The van der Waals surface area contributed by atoms with Gasteiger partial charge >= 0.3 is 0 Å². The maximum Gasteiger partial charge on any atom is 0.292 e. The van der Waals surface area contributed by atoms with Crippen molar-refractivity contribution in [3.63, 3.8) is 0 Å². The number of aromatic nitrogens is 2. The summed E-state index contributed by atoms with van der Waals surface area (Å²) in [5.41, 5.74) is 1.01. The number of carbonyl (C=O) groups excluding carboxylic acids is 1. The van der Waals surface area contributed by atoms with Crippen LogP contribution in [-0.2, 0) is 0 Å². The number of anilines is 3. The number of amides is 1. The molecule has 1 saturated heterocycles. The minimum atomic E-state index is -0.366. The third kappa shape index (κ3) is 3.89. The second-order valence-electron chi connectivity index (χ2n) is 6.16. The zero-order valence-corrected chi connectivity index (χ0v) is 14.5. The molecule has 0 unspecified atom stereocenters. The van der Waals surface area contributed by atoms with Gasteiger partial charge in [0.1, 0.15) is 5.82 Å². The summed E-state index contributed by atoms with van der Waals surface area (Å²) in [4.78, 5) is 16.3. The van der Waals surface area contributed by atoms with E-state index in [1.54, 1.807) is 30.3 Å². The summed E-state index contributed by atoms with van der Waals surface area (Å²) in [6.07, 6.45) is 1.44. The largest absolute Gasteiger partial charge is 0.459 e. The van der Waals surface area contributed by atoms with Crippen molar-refractivity contribution in [2.24, 2.45) is 0 Å². The first-order chi connectivity index (χ1) is 13.2. The molecule has 0 radical (unpaired) electrons. The third-order valence-electron chi connectivity index (χ3n) is 4.43. The Morgan fingerprint density at radius 1 is 0.963 bits per heavy atom. The molecule has 8 heteroatoms. The lowest BCUT2D eigenvalue weighted by Crippen LogP contribution is -2.46. The van der Waals surface area contributed by atoms with Gasteiger partial charge in [0, 0.05) is 31.9 Å². The van der Waals surface area contributed by atoms with E-state index in [2.05, 4.69) is 25.3 Å². The second-order valence-corrected chi connectivity index (χ2v) is 6.16. The Morgan fingerprint density at radius 2 is 1.70 bits per heavy atom. The van der Waals surface area contributed by atoms with Gasteiger partial charge in [-0.2, -0.15) is 0 Å². The summed E-state index contributed by atoms with van der Waals surface area (Å²) < 4.78 is 18.1. The molecule has 27 heavy (non-hydrogen) atoms. The smallest absolute Gasteiger partial charge is 0.292 e. The van der Waals surface area contributed by atoms with Crippen molar-refractivity contribution in [1.82, 2.24) is 10.2 Å². The molecular weight excluding hydrogens is 349 g/mol. The summed E-state index contributed by atoms with van der Waals surface area (Å²) in [6.45, 7) is 3.18. The van der Waals surface area contributed by atoms with Crippen LogP contribution >= 0.6 is 0 Å². The monoisotopic (exact) mass is 367 g/mol. The van der Waals surface area contributed by atoms with Gasteiger partial charge in [-0.15, -0.1) is 10.2 Å². The Morgan fingerprint density at radius 3 is 2.33 bits per heavy atom. The fourth-order valence-corrected chi connectivity index (χ4v) is 2.99. The average molecular weight is 367 g/mol. The highest BCUT2D eigenvalue weighted by molar-refractivity contribution is 6.01. The number of hydrogen-bond donors (Lipinski definition) is 1. The summed E-state index contributed by atoms with van der Waals surface area (Å²) >= 11 is 0. The van der Waals surface area contributed by atoms with Crippen LogP contribution in [0.25, 0.3) is 0 Å². The lowest BCUT2D eigenvalue weighted by molar-refractivity contribution is 0.0996. The Labute approximate surface area is 155 Å². The lowest BCUT2D eigenvalue weighted by Gasteiger charge is -2.36. The Balaban J connectivity index is 1.34. The molecule has 7 nitrogen and oxygen atoms in total. The van der Waals surface area contributed by atoms with Gasteiger partial charge in [-0.3, -0.25) is 4.79 Å². The predicted octanol–water partition coefficient (Wildman–Crippen LogP) is 2.79. The number of hydrogen-bond acceptors (Lipinski definition) is 6. The van der Waals surface area contributed by atoms with Crippen molar-refractivity contribution >= 4 is 23.2 Å². The van der Waals surface area contributed by atoms with Crippen LogP contribution in [-0.4, -0.2) is 42.3 Å². The normalized spacial score (nSPS) is 14.3. The third-order valence-corrected chi connectivity index (χ3v) is 4.43. The first-order valence-corrected chi connectivity index (χ1v) is 8.63. The molecule has 0 saturated carbocycles. The maximum atomic E-state index is 13.1. The first kappa shape index (κ1) is 17.0. The second kappa shape index (κ2) is 7.45. The van der Waals surface area contributed by atoms with Crippen molar-refractivity contribution in [2.75, 3.05) is 41.3 Å². The van der Waals surface area contributed by atoms with Crippen molar-refractivity contribution in [1.29, 1.82) is 0 Å². The number of piperazine rings is 1. The van der Waals surface area contributed by atoms with Gasteiger partial charge in [-0.05, 0) is 48.5 Å². The van der Waals surface area contributed by atoms with Crippen LogP contribution < -0.4 is 15.1 Å². The molecule has 0 aliphatic carbocycles. The fraction of sp³-hybridized carbons (Fsp3) is 0.211. The summed E-state index contributed by atoms with van der Waals surface area (Å²) in [7, 11) is 0. The van der Waals surface area contributed by atoms with Crippen molar-refractivity contribution in [3.8, 4) is 0 Å². The van der Waals surface area contributed by atoms with E-state index in [0.717, 1.165) is 37.7 Å². The van der Waals surface area contributed by atoms with E-state index < -0.39 is 0 Å². The highest BCUT2D eigenvalue weighted by Gasteiger charge is 2.19. The van der Waals surface area contributed by atoms with E-state index in [1.807, 2.05) is 6.07 Å². The number of rotatable bonds is 4. The summed E-state index contributed by atoms with van der Waals surface area (Å²) in [5, 5.41) is 10.9. The Bertz CT molecular complexity index is 889. The molecule has 2 aromatic heterocycles. The number of halogens is 1. The van der Waals surface area contributed by atoms with Crippen LogP contribution in [0.2, 0.25) is 0 Å². The van der Waals surface area contributed by atoms with E-state index in [0.29, 0.717) is 5.82 Å². The van der Waals surface area contributed by atoms with Crippen LogP contribution in [0.5, 0.6) is 0 Å². The fourth-order valence-electron chi connectivity index (χ4n) is 2.99. The standard InChI is InChI=1S/C19H18FN5O2/c20-14-3-5-15(6-4-14)24-9-11-25(12-10-24)18-8-7-17(22-23-18)21-19(26)16-2-1-13-27-16/h1-8,13H,9-12H2,(H,21,22,26). The molecule has 1 aliphatic heterocycles. The van der Waals surface area contributed by atoms with Crippen molar-refractivity contribution in [2.45, 2.75) is 0 Å². The molecule has 3 heterocycles. The summed E-state index contributed by atoms with van der Waals surface area (Å²) in [5.74, 6) is 0.745. The number of carbonyl (C=O) groups is 1. The van der Waals surface area contributed by atoms with Crippen LogP contribution in [0.15, 0.2) is 59.2 Å². The zero-order valence-electron chi connectivity index (χ0n) is 14.5. The molecule has 1 amide bonds. The molecule has 4 rings (SSSR count). The van der Waals surface area contributed by atoms with Gasteiger partial charge in [0.2, 0.25) is 0 Å². The molecule has 0 atom stereocenters. The van der Waals surface area contributed by atoms with E-state index in [9.17, 15) is 9.18 Å². The highest BCUT2D eigenvalue weighted by Crippen LogP contribution is 2.20. The Hall–Kier alpha value is -3.42. The molecule has 138 valence electrons. The van der Waals surface area contributed by atoms with Crippen LogP contribution in [0, 0.1) is 5.82 Å². The first-order valence-electron chi connectivity index (χ1n) is 8.63. The number of nitrogens with one attached hydrogen (secondary N) is 1.